The quantitative estimate of drug-likeness (QED) is 0.818. The number of halogens is 1. The van der Waals surface area contributed by atoms with E-state index in [1.807, 2.05) is 18.7 Å². The topological polar surface area (TPSA) is 78.8 Å². The van der Waals surface area contributed by atoms with Crippen molar-refractivity contribution >= 4 is 27.8 Å². The molecule has 0 bridgehead atoms. The fraction of sp³-hybridized carbons (Fsp3) is 0.389. The van der Waals surface area contributed by atoms with Crippen molar-refractivity contribution in [1.82, 2.24) is 14.9 Å². The van der Waals surface area contributed by atoms with E-state index in [1.54, 1.807) is 29.3 Å². The number of phenolic OH excluding ortho intramolecular Hbond substituents is 1. The molecule has 7 nitrogen and oxygen atoms in total. The molecule has 0 saturated carbocycles. The number of aryl methyl sites for hydroxylation is 1. The second-order valence-electron chi connectivity index (χ2n) is 6.05. The van der Waals surface area contributed by atoms with Gasteiger partial charge in [-0.05, 0) is 47.5 Å². The van der Waals surface area contributed by atoms with E-state index in [0.29, 0.717) is 54.7 Å². The number of hydrogen-bond donors (Lipinski definition) is 1. The second-order valence-corrected chi connectivity index (χ2v) is 6.90. The van der Waals surface area contributed by atoms with E-state index < -0.39 is 0 Å². The number of carbonyl (C=O) groups is 1. The van der Waals surface area contributed by atoms with Gasteiger partial charge in [0.25, 0.3) is 5.91 Å². The Bertz CT molecular complexity index is 807. The number of benzene rings is 1. The molecule has 1 amide bonds. The van der Waals surface area contributed by atoms with Gasteiger partial charge in [-0.1, -0.05) is 0 Å². The zero-order chi connectivity index (χ0) is 18.7. The van der Waals surface area contributed by atoms with Crippen LogP contribution in [0.4, 0.5) is 5.95 Å². The van der Waals surface area contributed by atoms with Crippen molar-refractivity contribution in [2.75, 3.05) is 37.7 Å². The minimum Gasteiger partial charge on any atom is -0.506 e. The van der Waals surface area contributed by atoms with E-state index in [-0.39, 0.29) is 11.7 Å². The summed E-state index contributed by atoms with van der Waals surface area (Å²) in [7, 11) is 0. The fourth-order valence-corrected chi connectivity index (χ4v) is 3.47. The molecule has 1 fully saturated rings. The lowest BCUT2D eigenvalue weighted by Gasteiger charge is -2.35. The number of aromatic hydroxyl groups is 1. The van der Waals surface area contributed by atoms with Gasteiger partial charge >= 0.3 is 0 Å². The first kappa shape index (κ1) is 18.4. The van der Waals surface area contributed by atoms with Gasteiger partial charge in [0.2, 0.25) is 11.8 Å². The summed E-state index contributed by atoms with van der Waals surface area (Å²) in [5, 5.41) is 10.2. The molecule has 0 radical (unpaired) electrons. The maximum Gasteiger partial charge on any atom is 0.257 e. The summed E-state index contributed by atoms with van der Waals surface area (Å²) < 4.78 is 5.94. The largest absolute Gasteiger partial charge is 0.506 e. The van der Waals surface area contributed by atoms with Crippen LogP contribution in [0.25, 0.3) is 0 Å². The molecule has 26 heavy (non-hydrogen) atoms. The molecule has 1 aliphatic heterocycles. The van der Waals surface area contributed by atoms with E-state index in [1.165, 1.54) is 0 Å². The Morgan fingerprint density at radius 2 is 2.04 bits per heavy atom. The molecule has 138 valence electrons. The molecule has 8 heteroatoms. The highest BCUT2D eigenvalue weighted by Gasteiger charge is 2.26. The van der Waals surface area contributed by atoms with Crippen LogP contribution < -0.4 is 9.64 Å². The van der Waals surface area contributed by atoms with Gasteiger partial charge in [0.1, 0.15) is 5.75 Å². The van der Waals surface area contributed by atoms with Gasteiger partial charge in [0.15, 0.2) is 0 Å². The maximum atomic E-state index is 12.8. The number of ether oxygens (including phenoxy) is 1. The summed E-state index contributed by atoms with van der Waals surface area (Å²) in [6, 6.07) is 5.22. The molecule has 0 unspecified atom stereocenters. The molecule has 1 saturated heterocycles. The van der Waals surface area contributed by atoms with Crippen LogP contribution in [-0.4, -0.2) is 58.7 Å². The Morgan fingerprint density at radius 1 is 1.31 bits per heavy atom. The van der Waals surface area contributed by atoms with Gasteiger partial charge in [0.05, 0.1) is 16.6 Å². The molecular weight excluding hydrogens is 400 g/mol. The van der Waals surface area contributed by atoms with Crippen LogP contribution in [0, 0.1) is 6.92 Å². The molecule has 1 aliphatic rings. The molecular formula is C18H21BrN4O3. The molecule has 1 aromatic carbocycles. The van der Waals surface area contributed by atoms with Crippen molar-refractivity contribution in [2.45, 2.75) is 13.8 Å². The van der Waals surface area contributed by atoms with Crippen LogP contribution in [0.3, 0.4) is 0 Å². The van der Waals surface area contributed by atoms with Crippen LogP contribution in [0.1, 0.15) is 22.8 Å². The van der Waals surface area contributed by atoms with Gasteiger partial charge in [-0.3, -0.25) is 4.79 Å². The predicted molar refractivity (Wildman–Crippen MR) is 102 cm³/mol. The number of hydrogen-bond acceptors (Lipinski definition) is 6. The van der Waals surface area contributed by atoms with Crippen LogP contribution >= 0.6 is 15.9 Å². The lowest BCUT2D eigenvalue weighted by molar-refractivity contribution is 0.0743. The van der Waals surface area contributed by atoms with E-state index in [4.69, 9.17) is 4.74 Å². The first-order valence-electron chi connectivity index (χ1n) is 8.48. The average Bonchev–Trinajstić information content (AvgIpc) is 2.65. The zero-order valence-electron chi connectivity index (χ0n) is 14.8. The Balaban J connectivity index is 1.69. The molecule has 3 rings (SSSR count). The summed E-state index contributed by atoms with van der Waals surface area (Å²) in [5.74, 6) is 0.959. The van der Waals surface area contributed by atoms with Crippen molar-refractivity contribution in [2.24, 2.45) is 0 Å². The molecule has 1 N–H and O–H groups in total. The highest BCUT2D eigenvalue weighted by Crippen LogP contribution is 2.30. The molecule has 2 aromatic rings. The first-order valence-corrected chi connectivity index (χ1v) is 9.28. The second kappa shape index (κ2) is 7.90. The monoisotopic (exact) mass is 420 g/mol. The standard InChI is InChI=1S/C18H21BrN4O3/c1-3-26-15-4-5-20-18(21-15)23-8-6-22(7-9-23)17(25)13-10-12(2)11-14(19)16(13)24/h4-5,10-11,24H,3,6-9H2,1-2H3. The van der Waals surface area contributed by atoms with Crippen molar-refractivity contribution in [3.63, 3.8) is 0 Å². The van der Waals surface area contributed by atoms with E-state index in [9.17, 15) is 9.90 Å². The molecule has 1 aromatic heterocycles. The third-order valence-electron chi connectivity index (χ3n) is 4.20. The number of rotatable bonds is 4. The summed E-state index contributed by atoms with van der Waals surface area (Å²) >= 11 is 3.29. The van der Waals surface area contributed by atoms with Crippen LogP contribution in [0.15, 0.2) is 28.9 Å². The number of aromatic nitrogens is 2. The summed E-state index contributed by atoms with van der Waals surface area (Å²) in [6.45, 7) is 6.66. The number of phenols is 1. The Kier molecular flexibility index (Phi) is 5.61. The smallest absolute Gasteiger partial charge is 0.257 e. The maximum absolute atomic E-state index is 12.8. The minimum absolute atomic E-state index is 0.0178. The van der Waals surface area contributed by atoms with Crippen molar-refractivity contribution in [3.8, 4) is 11.6 Å². The third kappa shape index (κ3) is 3.90. The summed E-state index contributed by atoms with van der Waals surface area (Å²) in [4.78, 5) is 25.2. The van der Waals surface area contributed by atoms with Crippen LogP contribution in [0.5, 0.6) is 11.6 Å². The average molecular weight is 421 g/mol. The zero-order valence-corrected chi connectivity index (χ0v) is 16.4. The highest BCUT2D eigenvalue weighted by atomic mass is 79.9. The van der Waals surface area contributed by atoms with E-state index in [0.717, 1.165) is 5.56 Å². The van der Waals surface area contributed by atoms with Crippen LogP contribution in [-0.2, 0) is 0 Å². The highest BCUT2D eigenvalue weighted by molar-refractivity contribution is 9.10. The summed E-state index contributed by atoms with van der Waals surface area (Å²) in [5.41, 5.74) is 1.23. The van der Waals surface area contributed by atoms with Gasteiger partial charge < -0.3 is 19.6 Å². The number of anilines is 1. The van der Waals surface area contributed by atoms with Crippen molar-refractivity contribution < 1.29 is 14.6 Å². The van der Waals surface area contributed by atoms with Gasteiger partial charge in [-0.25, -0.2) is 4.98 Å². The minimum atomic E-state index is -0.171. The number of carbonyl (C=O) groups excluding carboxylic acids is 1. The lowest BCUT2D eigenvalue weighted by Crippen LogP contribution is -2.49. The van der Waals surface area contributed by atoms with Gasteiger partial charge in [-0.2, -0.15) is 4.98 Å². The van der Waals surface area contributed by atoms with Gasteiger partial charge in [0, 0.05) is 38.4 Å². The first-order chi connectivity index (χ1) is 12.5. The summed E-state index contributed by atoms with van der Waals surface area (Å²) in [6.07, 6.45) is 1.67. The number of amides is 1. The predicted octanol–water partition coefficient (Wildman–Crippen LogP) is 2.61. The molecule has 0 spiro atoms. The fourth-order valence-electron chi connectivity index (χ4n) is 2.89. The molecule has 0 aliphatic carbocycles. The van der Waals surface area contributed by atoms with Crippen molar-refractivity contribution in [3.05, 3.63) is 40.0 Å². The Hall–Kier alpha value is -2.35. The molecule has 2 heterocycles. The SMILES string of the molecule is CCOc1ccnc(N2CCN(C(=O)c3cc(C)cc(Br)c3O)CC2)n1. The van der Waals surface area contributed by atoms with Crippen molar-refractivity contribution in [1.29, 1.82) is 0 Å². The van der Waals surface area contributed by atoms with Crippen LogP contribution in [0.2, 0.25) is 0 Å². The lowest BCUT2D eigenvalue weighted by atomic mass is 10.1. The molecule has 0 atom stereocenters. The third-order valence-corrected chi connectivity index (χ3v) is 4.80. The van der Waals surface area contributed by atoms with E-state index >= 15 is 0 Å². The Labute approximate surface area is 160 Å². The normalized spacial score (nSPS) is 14.4. The van der Waals surface area contributed by atoms with E-state index in [2.05, 4.69) is 25.9 Å². The Morgan fingerprint density at radius 3 is 2.73 bits per heavy atom. The number of piperazine rings is 1. The number of nitrogens with zero attached hydrogens (tertiary/aromatic N) is 4. The van der Waals surface area contributed by atoms with Gasteiger partial charge in [-0.15, -0.1) is 0 Å².